The molecule has 3 nitrogen and oxygen atoms in total. The van der Waals surface area contributed by atoms with Crippen molar-refractivity contribution in [2.45, 2.75) is 91.9 Å². The van der Waals surface area contributed by atoms with Gasteiger partial charge in [0.2, 0.25) is 0 Å². The summed E-state index contributed by atoms with van der Waals surface area (Å²) >= 11 is 0. The molecule has 0 N–H and O–H groups in total. The van der Waals surface area contributed by atoms with Crippen molar-refractivity contribution in [2.24, 2.45) is 0 Å². The topological polar surface area (TPSA) is 35.5 Å². The van der Waals surface area contributed by atoms with Gasteiger partial charge in [-0.3, -0.25) is 4.79 Å². The van der Waals surface area contributed by atoms with Crippen LogP contribution in [-0.4, -0.2) is 55.3 Å². The molecule has 0 aromatic carbocycles. The zero-order valence-electron chi connectivity index (χ0n) is 14.9. The Morgan fingerprint density at radius 3 is 1.45 bits per heavy atom. The first-order chi connectivity index (χ1) is 10.2. The molecular weight excluding hydrogens is 287 g/mol. The summed E-state index contributed by atoms with van der Waals surface area (Å²) in [5.74, 6) is -0.157. The molecule has 0 aromatic rings. The Bertz CT molecular complexity index is 197. The Labute approximate surface area is 161 Å². The first kappa shape index (κ1) is 27.3. The molecule has 130 valence electrons. The normalized spacial score (nSPS) is 9.45. The van der Waals surface area contributed by atoms with E-state index in [1.165, 1.54) is 64.7 Å². The molecule has 22 heavy (non-hydrogen) atoms. The summed E-state index contributed by atoms with van der Waals surface area (Å²) in [4.78, 5) is 10.5. The second kappa shape index (κ2) is 26.3. The summed E-state index contributed by atoms with van der Waals surface area (Å²) in [7, 11) is 0. The molecule has 0 spiro atoms. The number of hydrogen-bond donors (Lipinski definition) is 0. The van der Waals surface area contributed by atoms with Crippen LogP contribution in [0.15, 0.2) is 0 Å². The standard InChI is InChI=1S/C14H28O2.C4H10O.Na.H/c1-3-4-5-6-7-8-9-10-11-12-13-16-14(2)15;1-3-5-4-2;;/h3-13H2,1-2H3;3-4H2,1-2H3;;. The first-order valence-electron chi connectivity index (χ1n) is 8.90. The SMILES string of the molecule is CCCCCCCCCCCCOC(C)=O.CCOCC.[NaH]. The van der Waals surface area contributed by atoms with Crippen LogP contribution in [0.4, 0.5) is 0 Å². The third kappa shape index (κ3) is 32.4. The van der Waals surface area contributed by atoms with E-state index in [4.69, 9.17) is 9.47 Å². The van der Waals surface area contributed by atoms with Crippen LogP contribution in [0.5, 0.6) is 0 Å². The van der Waals surface area contributed by atoms with Crippen LogP contribution in [0.25, 0.3) is 0 Å². The molecule has 0 aliphatic carbocycles. The molecule has 0 heterocycles. The predicted molar refractivity (Wildman–Crippen MR) is 97.8 cm³/mol. The first-order valence-corrected chi connectivity index (χ1v) is 8.90. The van der Waals surface area contributed by atoms with Gasteiger partial charge in [-0.05, 0) is 20.3 Å². The van der Waals surface area contributed by atoms with Gasteiger partial charge in [-0.15, -0.1) is 0 Å². The second-order valence-corrected chi connectivity index (χ2v) is 5.30. The van der Waals surface area contributed by atoms with Gasteiger partial charge in [-0.25, -0.2) is 0 Å². The van der Waals surface area contributed by atoms with E-state index in [2.05, 4.69) is 6.92 Å². The Morgan fingerprint density at radius 2 is 1.14 bits per heavy atom. The summed E-state index contributed by atoms with van der Waals surface area (Å²) in [5.41, 5.74) is 0. The van der Waals surface area contributed by atoms with Crippen molar-refractivity contribution in [2.75, 3.05) is 19.8 Å². The predicted octanol–water partition coefficient (Wildman–Crippen LogP) is 4.86. The molecule has 0 rings (SSSR count). The van der Waals surface area contributed by atoms with Crippen molar-refractivity contribution >= 4 is 35.5 Å². The number of carbonyl (C=O) groups excluding carboxylic acids is 1. The van der Waals surface area contributed by atoms with E-state index >= 15 is 0 Å². The molecule has 0 unspecified atom stereocenters. The molecular formula is C18H39NaO3. The molecule has 0 aromatic heterocycles. The number of esters is 1. The fraction of sp³-hybridized carbons (Fsp3) is 0.944. The van der Waals surface area contributed by atoms with Gasteiger partial charge in [0.05, 0.1) is 6.61 Å². The quantitative estimate of drug-likeness (QED) is 0.275. The Morgan fingerprint density at radius 1 is 0.727 bits per heavy atom. The summed E-state index contributed by atoms with van der Waals surface area (Å²) in [6.45, 7) is 9.99. The number of hydrogen-bond acceptors (Lipinski definition) is 3. The van der Waals surface area contributed by atoms with E-state index in [9.17, 15) is 4.79 Å². The van der Waals surface area contributed by atoms with Gasteiger partial charge >= 0.3 is 35.5 Å². The monoisotopic (exact) mass is 326 g/mol. The minimum atomic E-state index is -0.157. The zero-order chi connectivity index (χ0) is 16.2. The molecule has 0 fully saturated rings. The Hall–Kier alpha value is 0.430. The fourth-order valence-corrected chi connectivity index (χ4v) is 2.01. The molecule has 0 amide bonds. The number of carbonyl (C=O) groups is 1. The van der Waals surface area contributed by atoms with Crippen molar-refractivity contribution in [3.8, 4) is 0 Å². The maximum absolute atomic E-state index is 10.5. The zero-order valence-corrected chi connectivity index (χ0v) is 14.9. The van der Waals surface area contributed by atoms with Crippen molar-refractivity contribution in [3.63, 3.8) is 0 Å². The average molecular weight is 326 g/mol. The van der Waals surface area contributed by atoms with E-state index in [0.717, 1.165) is 19.6 Å². The number of ether oxygens (including phenoxy) is 2. The third-order valence-electron chi connectivity index (χ3n) is 3.21. The molecule has 0 radical (unpaired) electrons. The molecule has 0 aliphatic rings. The molecule has 0 atom stereocenters. The van der Waals surface area contributed by atoms with Gasteiger partial charge in [0.1, 0.15) is 0 Å². The molecule has 0 aliphatic heterocycles. The average Bonchev–Trinajstić information content (AvgIpc) is 2.46. The van der Waals surface area contributed by atoms with Gasteiger partial charge in [-0.1, -0.05) is 64.7 Å². The van der Waals surface area contributed by atoms with Crippen molar-refractivity contribution < 1.29 is 14.3 Å². The van der Waals surface area contributed by atoms with E-state index in [0.29, 0.717) is 6.61 Å². The Kier molecular flexibility index (Phi) is 32.7. The third-order valence-corrected chi connectivity index (χ3v) is 3.21. The summed E-state index contributed by atoms with van der Waals surface area (Å²) in [5, 5.41) is 0. The summed E-state index contributed by atoms with van der Waals surface area (Å²) < 4.78 is 9.71. The van der Waals surface area contributed by atoms with Crippen LogP contribution < -0.4 is 0 Å². The van der Waals surface area contributed by atoms with E-state index < -0.39 is 0 Å². The van der Waals surface area contributed by atoms with Gasteiger partial charge in [0.15, 0.2) is 0 Å². The van der Waals surface area contributed by atoms with Crippen LogP contribution in [0.3, 0.4) is 0 Å². The molecule has 0 saturated heterocycles. The van der Waals surface area contributed by atoms with Crippen LogP contribution in [0, 0.1) is 0 Å². The summed E-state index contributed by atoms with van der Waals surface area (Å²) in [6.07, 6.45) is 13.1. The van der Waals surface area contributed by atoms with Crippen molar-refractivity contribution in [1.82, 2.24) is 0 Å². The molecule has 0 bridgehead atoms. The van der Waals surface area contributed by atoms with Crippen LogP contribution >= 0.6 is 0 Å². The van der Waals surface area contributed by atoms with E-state index in [1.54, 1.807) is 0 Å². The summed E-state index contributed by atoms with van der Waals surface area (Å²) in [6, 6.07) is 0. The second-order valence-electron chi connectivity index (χ2n) is 5.30. The van der Waals surface area contributed by atoms with Gasteiger partial charge in [-0.2, -0.15) is 0 Å². The molecule has 4 heteroatoms. The minimum absolute atomic E-state index is 0. The Balaban J connectivity index is -0.000000520. The van der Waals surface area contributed by atoms with Crippen LogP contribution in [0.1, 0.15) is 91.9 Å². The number of unbranched alkanes of at least 4 members (excludes halogenated alkanes) is 9. The van der Waals surface area contributed by atoms with Crippen molar-refractivity contribution in [1.29, 1.82) is 0 Å². The maximum atomic E-state index is 10.5. The number of rotatable bonds is 13. The van der Waals surface area contributed by atoms with Gasteiger partial charge in [0.25, 0.3) is 0 Å². The fourth-order valence-electron chi connectivity index (χ4n) is 2.01. The van der Waals surface area contributed by atoms with Crippen molar-refractivity contribution in [3.05, 3.63) is 0 Å². The van der Waals surface area contributed by atoms with E-state index in [1.807, 2.05) is 13.8 Å². The van der Waals surface area contributed by atoms with Gasteiger partial charge in [0, 0.05) is 20.1 Å². The molecule has 0 saturated carbocycles. The van der Waals surface area contributed by atoms with Crippen LogP contribution in [0.2, 0.25) is 0 Å². The van der Waals surface area contributed by atoms with Gasteiger partial charge < -0.3 is 9.47 Å². The van der Waals surface area contributed by atoms with E-state index in [-0.39, 0.29) is 35.5 Å². The van der Waals surface area contributed by atoms with Crippen LogP contribution in [-0.2, 0) is 14.3 Å².